The summed E-state index contributed by atoms with van der Waals surface area (Å²) in [6, 6.07) is 0.898. The lowest BCUT2D eigenvalue weighted by atomic mass is 10.3. The van der Waals surface area contributed by atoms with Crippen LogP contribution in [-0.2, 0) is 4.79 Å². The van der Waals surface area contributed by atoms with Crippen molar-refractivity contribution in [2.24, 2.45) is 5.92 Å². The number of nitrogens with one attached hydrogen (secondary N) is 1. The number of nitrogens with zero attached hydrogens (tertiary/aromatic N) is 1. The van der Waals surface area contributed by atoms with Crippen molar-refractivity contribution in [1.82, 2.24) is 10.2 Å². The Balaban J connectivity index is 2.16. The molecule has 14 heavy (non-hydrogen) atoms. The van der Waals surface area contributed by atoms with Crippen LogP contribution in [-0.4, -0.2) is 36.5 Å². The lowest BCUT2D eigenvalue weighted by molar-refractivity contribution is -0.130. The van der Waals surface area contributed by atoms with E-state index >= 15 is 0 Å². The summed E-state index contributed by atoms with van der Waals surface area (Å²) in [5, 5.41) is 3.30. The molecule has 0 aromatic rings. The summed E-state index contributed by atoms with van der Waals surface area (Å²) in [5.74, 6) is 1.01. The van der Waals surface area contributed by atoms with E-state index in [0.29, 0.717) is 18.6 Å². The summed E-state index contributed by atoms with van der Waals surface area (Å²) in [6.07, 6.45) is 2.47. The molecule has 3 heteroatoms. The largest absolute Gasteiger partial charge is 0.342 e. The van der Waals surface area contributed by atoms with Crippen molar-refractivity contribution < 1.29 is 4.79 Å². The van der Waals surface area contributed by atoms with Gasteiger partial charge in [-0.1, -0.05) is 13.3 Å². The molecule has 1 saturated carbocycles. The first-order valence-electron chi connectivity index (χ1n) is 5.55. The average Bonchev–Trinajstić information content (AvgIpc) is 2.91. The quantitative estimate of drug-likeness (QED) is 0.721. The lowest BCUT2D eigenvalue weighted by Crippen LogP contribution is -2.40. The summed E-state index contributed by atoms with van der Waals surface area (Å²) in [6.45, 7) is 6.76. The van der Waals surface area contributed by atoms with E-state index in [1.807, 2.05) is 20.9 Å². The summed E-state index contributed by atoms with van der Waals surface area (Å²) in [5.41, 5.74) is 0. The normalized spacial score (nSPS) is 25.2. The molecule has 3 nitrogen and oxygen atoms in total. The summed E-state index contributed by atoms with van der Waals surface area (Å²) in [7, 11) is 1.86. The van der Waals surface area contributed by atoms with Crippen molar-refractivity contribution in [1.29, 1.82) is 0 Å². The molecule has 1 N–H and O–H groups in total. The molecule has 1 rings (SSSR count). The molecule has 0 saturated heterocycles. The molecule has 1 fully saturated rings. The molecule has 0 aromatic heterocycles. The van der Waals surface area contributed by atoms with Gasteiger partial charge in [-0.05, 0) is 26.2 Å². The zero-order valence-corrected chi connectivity index (χ0v) is 9.71. The van der Waals surface area contributed by atoms with Crippen molar-refractivity contribution in [3.05, 3.63) is 0 Å². The Hall–Kier alpha value is -0.570. The maximum Gasteiger partial charge on any atom is 0.236 e. The Morgan fingerprint density at radius 2 is 2.21 bits per heavy atom. The first-order valence-corrected chi connectivity index (χ1v) is 5.55. The monoisotopic (exact) mass is 198 g/mol. The van der Waals surface area contributed by atoms with Gasteiger partial charge in [-0.3, -0.25) is 4.79 Å². The molecule has 2 unspecified atom stereocenters. The average molecular weight is 198 g/mol. The highest BCUT2D eigenvalue weighted by atomic mass is 16.2. The predicted molar refractivity (Wildman–Crippen MR) is 58.1 cm³/mol. The minimum atomic E-state index is 0.196. The van der Waals surface area contributed by atoms with E-state index in [-0.39, 0.29) is 5.91 Å². The third-order valence-electron chi connectivity index (χ3n) is 3.13. The van der Waals surface area contributed by atoms with Gasteiger partial charge in [0, 0.05) is 19.1 Å². The second-order valence-corrected chi connectivity index (χ2v) is 4.49. The minimum absolute atomic E-state index is 0.196. The molecule has 0 radical (unpaired) electrons. The molecule has 0 heterocycles. The Kier molecular flexibility index (Phi) is 3.93. The first-order chi connectivity index (χ1) is 6.56. The number of likely N-dealkylation sites (N-methyl/N-ethyl adjacent to an activating group) is 1. The van der Waals surface area contributed by atoms with Crippen LogP contribution >= 0.6 is 0 Å². The van der Waals surface area contributed by atoms with Gasteiger partial charge in [-0.15, -0.1) is 0 Å². The van der Waals surface area contributed by atoms with Crippen molar-refractivity contribution >= 4 is 5.91 Å². The molecule has 1 amide bonds. The van der Waals surface area contributed by atoms with Crippen LogP contribution in [0.5, 0.6) is 0 Å². The zero-order chi connectivity index (χ0) is 10.7. The predicted octanol–water partition coefficient (Wildman–Crippen LogP) is 1.24. The molecule has 1 aliphatic carbocycles. The fourth-order valence-corrected chi connectivity index (χ4v) is 1.58. The van der Waals surface area contributed by atoms with E-state index in [0.717, 1.165) is 5.92 Å². The molecule has 82 valence electrons. The van der Waals surface area contributed by atoms with Gasteiger partial charge >= 0.3 is 0 Å². The fraction of sp³-hybridized carbons (Fsp3) is 0.909. The van der Waals surface area contributed by atoms with E-state index in [1.165, 1.54) is 12.8 Å². The molecule has 0 spiro atoms. The molecule has 0 bridgehead atoms. The van der Waals surface area contributed by atoms with E-state index in [2.05, 4.69) is 12.2 Å². The van der Waals surface area contributed by atoms with Crippen LogP contribution in [0.4, 0.5) is 0 Å². The highest BCUT2D eigenvalue weighted by molar-refractivity contribution is 5.78. The van der Waals surface area contributed by atoms with E-state index < -0.39 is 0 Å². The summed E-state index contributed by atoms with van der Waals surface area (Å²) >= 11 is 0. The van der Waals surface area contributed by atoms with Crippen LogP contribution in [0.3, 0.4) is 0 Å². The zero-order valence-electron chi connectivity index (χ0n) is 9.71. The van der Waals surface area contributed by atoms with Gasteiger partial charge in [-0.25, -0.2) is 0 Å². The number of hydrogen-bond donors (Lipinski definition) is 1. The standard InChI is InChI=1S/C11H22N2O/c1-5-9-6-10(9)12-7-11(14)13(4)8(2)3/h8-10,12H,5-7H2,1-4H3. The number of hydrogen-bond acceptors (Lipinski definition) is 2. The topological polar surface area (TPSA) is 32.3 Å². The molecule has 2 atom stereocenters. The Morgan fingerprint density at radius 1 is 1.57 bits per heavy atom. The van der Waals surface area contributed by atoms with Gasteiger partial charge in [0.2, 0.25) is 5.91 Å². The number of carbonyl (C=O) groups excluding carboxylic acids is 1. The minimum Gasteiger partial charge on any atom is -0.342 e. The first kappa shape index (κ1) is 11.5. The van der Waals surface area contributed by atoms with Crippen LogP contribution in [0.15, 0.2) is 0 Å². The molecular formula is C11H22N2O. The van der Waals surface area contributed by atoms with Crippen LogP contribution in [0.2, 0.25) is 0 Å². The smallest absolute Gasteiger partial charge is 0.236 e. The molecule has 0 aromatic carbocycles. The van der Waals surface area contributed by atoms with Gasteiger partial charge in [0.05, 0.1) is 6.54 Å². The number of carbonyl (C=O) groups is 1. The van der Waals surface area contributed by atoms with Gasteiger partial charge in [0.25, 0.3) is 0 Å². The van der Waals surface area contributed by atoms with Crippen LogP contribution in [0.1, 0.15) is 33.6 Å². The van der Waals surface area contributed by atoms with Gasteiger partial charge in [0.1, 0.15) is 0 Å². The molecule has 0 aliphatic heterocycles. The third kappa shape index (κ3) is 2.98. The van der Waals surface area contributed by atoms with Crippen LogP contribution < -0.4 is 5.32 Å². The van der Waals surface area contributed by atoms with Crippen LogP contribution in [0.25, 0.3) is 0 Å². The fourth-order valence-electron chi connectivity index (χ4n) is 1.58. The molecular weight excluding hydrogens is 176 g/mol. The third-order valence-corrected chi connectivity index (χ3v) is 3.13. The SMILES string of the molecule is CCC1CC1NCC(=O)N(C)C(C)C. The van der Waals surface area contributed by atoms with E-state index in [4.69, 9.17) is 0 Å². The van der Waals surface area contributed by atoms with Gasteiger partial charge < -0.3 is 10.2 Å². The lowest BCUT2D eigenvalue weighted by Gasteiger charge is -2.21. The highest BCUT2D eigenvalue weighted by Gasteiger charge is 2.35. The Labute approximate surface area is 86.9 Å². The highest BCUT2D eigenvalue weighted by Crippen LogP contribution is 2.32. The maximum atomic E-state index is 11.6. The van der Waals surface area contributed by atoms with E-state index in [9.17, 15) is 4.79 Å². The second-order valence-electron chi connectivity index (χ2n) is 4.49. The van der Waals surface area contributed by atoms with Crippen molar-refractivity contribution in [3.63, 3.8) is 0 Å². The summed E-state index contributed by atoms with van der Waals surface area (Å²) < 4.78 is 0. The maximum absolute atomic E-state index is 11.6. The van der Waals surface area contributed by atoms with E-state index in [1.54, 1.807) is 4.90 Å². The number of rotatable bonds is 5. The van der Waals surface area contributed by atoms with Crippen molar-refractivity contribution in [2.45, 2.75) is 45.7 Å². The molecule has 1 aliphatic rings. The van der Waals surface area contributed by atoms with Crippen molar-refractivity contribution in [2.75, 3.05) is 13.6 Å². The number of amides is 1. The van der Waals surface area contributed by atoms with Crippen LogP contribution in [0, 0.1) is 5.92 Å². The van der Waals surface area contributed by atoms with Gasteiger partial charge in [0.15, 0.2) is 0 Å². The van der Waals surface area contributed by atoms with Gasteiger partial charge in [-0.2, -0.15) is 0 Å². The second kappa shape index (κ2) is 4.78. The van der Waals surface area contributed by atoms with Crippen molar-refractivity contribution in [3.8, 4) is 0 Å². The Bertz CT molecular complexity index is 203. The Morgan fingerprint density at radius 3 is 2.64 bits per heavy atom. The summed E-state index contributed by atoms with van der Waals surface area (Å²) in [4.78, 5) is 13.4.